The molecule has 0 unspecified atom stereocenters. The molecule has 5 nitrogen and oxygen atoms in total. The fourth-order valence-electron chi connectivity index (χ4n) is 3.96. The van der Waals surface area contributed by atoms with E-state index in [0.717, 1.165) is 10.0 Å². The van der Waals surface area contributed by atoms with E-state index in [1.165, 1.54) is 16.9 Å². The van der Waals surface area contributed by atoms with Gasteiger partial charge in [-0.1, -0.05) is 61.0 Å². The molecule has 1 amide bonds. The van der Waals surface area contributed by atoms with Crippen molar-refractivity contribution in [1.29, 1.82) is 0 Å². The zero-order chi connectivity index (χ0) is 21.9. The number of halogens is 1. The first-order chi connectivity index (χ1) is 14.8. The Morgan fingerprint density at radius 1 is 1.10 bits per heavy atom. The maximum absolute atomic E-state index is 13.6. The van der Waals surface area contributed by atoms with Gasteiger partial charge in [0.15, 0.2) is 10.6 Å². The second kappa shape index (κ2) is 7.14. The number of carbonyl (C=O) groups excluding carboxylic acids is 1. The lowest BCUT2D eigenvalue weighted by Crippen LogP contribution is -2.29. The van der Waals surface area contributed by atoms with E-state index < -0.39 is 6.04 Å². The van der Waals surface area contributed by atoms with Gasteiger partial charge >= 0.3 is 0 Å². The van der Waals surface area contributed by atoms with Gasteiger partial charge in [-0.3, -0.25) is 14.5 Å². The van der Waals surface area contributed by atoms with Crippen LogP contribution in [-0.4, -0.2) is 10.9 Å². The van der Waals surface area contributed by atoms with E-state index >= 15 is 0 Å². The minimum absolute atomic E-state index is 0.00155. The molecule has 5 rings (SSSR count). The van der Waals surface area contributed by atoms with Gasteiger partial charge in [0.25, 0.3) is 5.91 Å². The fraction of sp³-hybridized carbons (Fsp3) is 0.208. The molecule has 0 N–H and O–H groups in total. The van der Waals surface area contributed by atoms with Crippen molar-refractivity contribution < 1.29 is 9.21 Å². The Hall–Kier alpha value is -2.77. The van der Waals surface area contributed by atoms with Crippen molar-refractivity contribution in [3.8, 4) is 0 Å². The summed E-state index contributed by atoms with van der Waals surface area (Å²) in [5, 5.41) is 2.79. The summed E-state index contributed by atoms with van der Waals surface area (Å²) in [6.45, 7) is 6.45. The maximum atomic E-state index is 13.6. The number of fused-ring (bicyclic) bond motifs is 2. The molecule has 0 bridgehead atoms. The number of anilines is 1. The smallest absolute Gasteiger partial charge is 0.297 e. The van der Waals surface area contributed by atoms with Crippen LogP contribution in [0.15, 0.2) is 67.7 Å². The third kappa shape index (κ3) is 3.23. The molecule has 2 aromatic carbocycles. The van der Waals surface area contributed by atoms with Crippen LogP contribution in [0.1, 0.15) is 54.1 Å². The molecule has 1 aliphatic heterocycles. The number of thiazole rings is 1. The number of rotatable bonds is 2. The van der Waals surface area contributed by atoms with E-state index in [1.807, 2.05) is 17.5 Å². The summed E-state index contributed by atoms with van der Waals surface area (Å²) in [5.41, 5.74) is 2.57. The molecular weight excluding hydrogens is 476 g/mol. The second-order valence-electron chi connectivity index (χ2n) is 8.58. The van der Waals surface area contributed by atoms with Crippen LogP contribution in [0.4, 0.5) is 5.13 Å². The van der Waals surface area contributed by atoms with Gasteiger partial charge in [-0.15, -0.1) is 11.3 Å². The average molecular weight is 495 g/mol. The van der Waals surface area contributed by atoms with E-state index in [1.54, 1.807) is 29.3 Å². The summed E-state index contributed by atoms with van der Waals surface area (Å²) in [5.74, 6) is -0.267. The van der Waals surface area contributed by atoms with Crippen LogP contribution in [0.3, 0.4) is 0 Å². The molecule has 0 spiro atoms. The Morgan fingerprint density at radius 3 is 2.48 bits per heavy atom. The number of aromatic nitrogens is 1. The quantitative estimate of drug-likeness (QED) is 0.339. The number of carbonyl (C=O) groups is 1. The van der Waals surface area contributed by atoms with E-state index in [2.05, 4.69) is 53.8 Å². The van der Waals surface area contributed by atoms with Crippen molar-refractivity contribution in [3.63, 3.8) is 0 Å². The third-order valence-electron chi connectivity index (χ3n) is 5.55. The van der Waals surface area contributed by atoms with Crippen LogP contribution in [0.5, 0.6) is 0 Å². The highest BCUT2D eigenvalue weighted by Crippen LogP contribution is 2.42. The van der Waals surface area contributed by atoms with Gasteiger partial charge in [-0.2, -0.15) is 0 Å². The van der Waals surface area contributed by atoms with Gasteiger partial charge in [-0.25, -0.2) is 4.98 Å². The monoisotopic (exact) mass is 494 g/mol. The molecule has 31 heavy (non-hydrogen) atoms. The SMILES string of the molecule is CC(C)(C)c1ccc([C@H]2c3c(oc4ccc(Br)cc4c3=O)C(=O)N2c2nccs2)cc1. The number of hydrogen-bond acceptors (Lipinski definition) is 5. The van der Waals surface area contributed by atoms with Crippen molar-refractivity contribution in [3.05, 3.63) is 91.2 Å². The molecule has 1 atom stereocenters. The summed E-state index contributed by atoms with van der Waals surface area (Å²) >= 11 is 4.78. The van der Waals surface area contributed by atoms with E-state index in [4.69, 9.17) is 4.42 Å². The van der Waals surface area contributed by atoms with Crippen molar-refractivity contribution in [2.45, 2.75) is 32.2 Å². The van der Waals surface area contributed by atoms with Crippen LogP contribution in [0.2, 0.25) is 0 Å². The second-order valence-corrected chi connectivity index (χ2v) is 10.4. The summed E-state index contributed by atoms with van der Waals surface area (Å²) in [6, 6.07) is 12.7. The third-order valence-corrected chi connectivity index (χ3v) is 6.81. The fourth-order valence-corrected chi connectivity index (χ4v) is 4.99. The van der Waals surface area contributed by atoms with E-state index in [-0.39, 0.29) is 22.5 Å². The number of benzene rings is 2. The van der Waals surface area contributed by atoms with Crippen molar-refractivity contribution in [1.82, 2.24) is 4.98 Å². The summed E-state index contributed by atoms with van der Waals surface area (Å²) < 4.78 is 6.75. The zero-order valence-corrected chi connectivity index (χ0v) is 19.6. The molecule has 0 aliphatic carbocycles. The van der Waals surface area contributed by atoms with Crippen LogP contribution >= 0.6 is 27.3 Å². The summed E-state index contributed by atoms with van der Waals surface area (Å²) in [7, 11) is 0. The minimum Gasteiger partial charge on any atom is -0.450 e. The first-order valence-electron chi connectivity index (χ1n) is 9.85. The molecule has 7 heteroatoms. The molecular formula is C24H19BrN2O3S. The average Bonchev–Trinajstić information content (AvgIpc) is 3.35. The molecule has 1 aliphatic rings. The molecule has 3 heterocycles. The first kappa shape index (κ1) is 20.2. The maximum Gasteiger partial charge on any atom is 0.297 e. The molecule has 2 aromatic heterocycles. The number of nitrogens with zero attached hydrogens (tertiary/aromatic N) is 2. The lowest BCUT2D eigenvalue weighted by molar-refractivity contribution is 0.0971. The first-order valence-corrected chi connectivity index (χ1v) is 11.5. The Morgan fingerprint density at radius 2 is 1.84 bits per heavy atom. The molecule has 156 valence electrons. The highest BCUT2D eigenvalue weighted by atomic mass is 79.9. The normalized spacial score (nSPS) is 16.2. The van der Waals surface area contributed by atoms with Gasteiger partial charge in [0.1, 0.15) is 5.58 Å². The minimum atomic E-state index is -0.595. The Labute approximate surface area is 191 Å². The van der Waals surface area contributed by atoms with Crippen LogP contribution in [0.25, 0.3) is 11.0 Å². The highest BCUT2D eigenvalue weighted by molar-refractivity contribution is 9.10. The lowest BCUT2D eigenvalue weighted by Gasteiger charge is -2.24. The topological polar surface area (TPSA) is 63.4 Å². The van der Waals surface area contributed by atoms with E-state index in [0.29, 0.717) is 21.7 Å². The highest BCUT2D eigenvalue weighted by Gasteiger charge is 2.44. The Balaban J connectivity index is 1.77. The standard InChI is InChI=1S/C24H19BrN2O3S/c1-24(2,3)14-6-4-13(5-7-14)19-18-20(28)16-12-15(25)8-9-17(16)30-21(18)22(29)27(19)23-26-10-11-31-23/h4-12,19H,1-3H3/t19-/m0/s1. The predicted molar refractivity (Wildman–Crippen MR) is 126 cm³/mol. The van der Waals surface area contributed by atoms with Gasteiger partial charge in [0.05, 0.1) is 17.0 Å². The van der Waals surface area contributed by atoms with E-state index in [9.17, 15) is 9.59 Å². The van der Waals surface area contributed by atoms with Gasteiger partial charge in [0.2, 0.25) is 5.76 Å². The van der Waals surface area contributed by atoms with Crippen molar-refractivity contribution >= 4 is 49.3 Å². The lowest BCUT2D eigenvalue weighted by atomic mass is 9.86. The zero-order valence-electron chi connectivity index (χ0n) is 17.2. The number of amides is 1. The van der Waals surface area contributed by atoms with Gasteiger partial charge in [-0.05, 0) is 34.7 Å². The Bertz CT molecular complexity index is 1370. The van der Waals surface area contributed by atoms with Crippen molar-refractivity contribution in [2.75, 3.05) is 4.90 Å². The van der Waals surface area contributed by atoms with Gasteiger partial charge < -0.3 is 4.42 Å². The molecule has 0 saturated carbocycles. The molecule has 0 radical (unpaired) electrons. The molecule has 0 saturated heterocycles. The Kier molecular flexibility index (Phi) is 4.64. The predicted octanol–water partition coefficient (Wildman–Crippen LogP) is 6.06. The van der Waals surface area contributed by atoms with Crippen molar-refractivity contribution in [2.24, 2.45) is 0 Å². The molecule has 0 fully saturated rings. The molecule has 4 aromatic rings. The van der Waals surface area contributed by atoms with Crippen LogP contribution < -0.4 is 10.3 Å². The largest absolute Gasteiger partial charge is 0.450 e. The van der Waals surface area contributed by atoms with Gasteiger partial charge in [0, 0.05) is 16.0 Å². The number of hydrogen-bond donors (Lipinski definition) is 0. The van der Waals surface area contributed by atoms with Crippen LogP contribution in [0, 0.1) is 0 Å². The van der Waals surface area contributed by atoms with Crippen LogP contribution in [-0.2, 0) is 5.41 Å². The summed E-state index contributed by atoms with van der Waals surface area (Å²) in [4.78, 5) is 32.9. The summed E-state index contributed by atoms with van der Waals surface area (Å²) in [6.07, 6.45) is 1.65.